The molecule has 152 valence electrons. The van der Waals surface area contributed by atoms with E-state index in [1.807, 2.05) is 0 Å². The van der Waals surface area contributed by atoms with Crippen LogP contribution in [0.15, 0.2) is 24.4 Å². The van der Waals surface area contributed by atoms with Crippen LogP contribution in [0.3, 0.4) is 0 Å². The van der Waals surface area contributed by atoms with Gasteiger partial charge in [0.15, 0.2) is 12.4 Å². The predicted octanol–water partition coefficient (Wildman–Crippen LogP) is 3.53. The molecule has 0 spiro atoms. The number of anilines is 1. The monoisotopic (exact) mass is 437 g/mol. The molecule has 0 radical (unpaired) electrons. The van der Waals surface area contributed by atoms with Crippen LogP contribution in [-0.4, -0.2) is 36.5 Å². The number of benzene rings is 1. The lowest BCUT2D eigenvalue weighted by Gasteiger charge is -2.10. The van der Waals surface area contributed by atoms with Gasteiger partial charge in [0.1, 0.15) is 11.3 Å². The molecular formula is C18H17Cl2N5O4. The van der Waals surface area contributed by atoms with Crippen molar-refractivity contribution in [1.29, 1.82) is 0 Å². The first-order chi connectivity index (χ1) is 13.7. The number of carboxylic acids is 1. The van der Waals surface area contributed by atoms with Crippen molar-refractivity contribution in [1.82, 2.24) is 19.6 Å². The number of nitrogens with one attached hydrogen (secondary N) is 1. The SMILES string of the molecule is Cc1nn(COc2ccc(Cl)cc2Cl)c(C)c1NC(=O)c1nn(C)cc1C(=O)O. The van der Waals surface area contributed by atoms with E-state index in [2.05, 4.69) is 15.5 Å². The number of nitrogens with zero attached hydrogens (tertiary/aromatic N) is 4. The van der Waals surface area contributed by atoms with Crippen molar-refractivity contribution >= 4 is 40.8 Å². The zero-order valence-electron chi connectivity index (χ0n) is 15.7. The third-order valence-corrected chi connectivity index (χ3v) is 4.66. The van der Waals surface area contributed by atoms with Gasteiger partial charge in [-0.25, -0.2) is 9.48 Å². The lowest BCUT2D eigenvalue weighted by atomic mass is 10.2. The van der Waals surface area contributed by atoms with E-state index < -0.39 is 11.9 Å². The Labute approximate surface area is 175 Å². The normalized spacial score (nSPS) is 10.8. The standard InChI is InChI=1S/C18H17Cl2N5O4/c1-9-15(21-17(26)16-12(18(27)28)7-24(3)23-16)10(2)25(22-9)8-29-14-5-4-11(19)6-13(14)20/h4-7H,8H2,1-3H3,(H,21,26)(H,27,28). The van der Waals surface area contributed by atoms with E-state index in [0.717, 1.165) is 0 Å². The minimum atomic E-state index is -1.24. The summed E-state index contributed by atoms with van der Waals surface area (Å²) in [6.45, 7) is 3.51. The number of rotatable bonds is 6. The number of aromatic nitrogens is 4. The zero-order chi connectivity index (χ0) is 21.3. The second-order valence-corrected chi connectivity index (χ2v) is 7.06. The minimum Gasteiger partial charge on any atom is -0.478 e. The third-order valence-electron chi connectivity index (χ3n) is 4.13. The van der Waals surface area contributed by atoms with E-state index in [1.165, 1.54) is 17.9 Å². The quantitative estimate of drug-likeness (QED) is 0.609. The molecule has 3 rings (SSSR count). The Morgan fingerprint density at radius 3 is 2.62 bits per heavy atom. The summed E-state index contributed by atoms with van der Waals surface area (Å²) in [6, 6.07) is 4.87. The molecule has 0 saturated carbocycles. The average molecular weight is 438 g/mol. The van der Waals surface area contributed by atoms with Gasteiger partial charge in [-0.2, -0.15) is 10.2 Å². The maximum Gasteiger partial charge on any atom is 0.339 e. The van der Waals surface area contributed by atoms with Gasteiger partial charge in [-0.05, 0) is 32.0 Å². The highest BCUT2D eigenvalue weighted by molar-refractivity contribution is 6.35. The number of aromatic carboxylic acids is 1. The molecule has 29 heavy (non-hydrogen) atoms. The average Bonchev–Trinajstić information content (AvgIpc) is 3.16. The fourth-order valence-corrected chi connectivity index (χ4v) is 3.17. The summed E-state index contributed by atoms with van der Waals surface area (Å²) in [5.74, 6) is -1.44. The van der Waals surface area contributed by atoms with E-state index in [0.29, 0.717) is 32.9 Å². The number of hydrogen-bond donors (Lipinski definition) is 2. The van der Waals surface area contributed by atoms with Crippen molar-refractivity contribution in [2.24, 2.45) is 7.05 Å². The summed E-state index contributed by atoms with van der Waals surface area (Å²) in [5.41, 5.74) is 1.23. The third kappa shape index (κ3) is 4.36. The van der Waals surface area contributed by atoms with Crippen LogP contribution in [0.25, 0.3) is 0 Å². The summed E-state index contributed by atoms with van der Waals surface area (Å²) in [6.07, 6.45) is 1.27. The van der Waals surface area contributed by atoms with Crippen LogP contribution in [0.1, 0.15) is 32.2 Å². The summed E-state index contributed by atoms with van der Waals surface area (Å²) in [5, 5.41) is 21.1. The molecule has 3 aromatic rings. The van der Waals surface area contributed by atoms with Crippen LogP contribution in [0.4, 0.5) is 5.69 Å². The predicted molar refractivity (Wildman–Crippen MR) is 107 cm³/mol. The number of carboxylic acid groups (broad SMARTS) is 1. The molecule has 2 aromatic heterocycles. The topological polar surface area (TPSA) is 111 Å². The highest BCUT2D eigenvalue weighted by Crippen LogP contribution is 2.28. The van der Waals surface area contributed by atoms with Crippen molar-refractivity contribution < 1.29 is 19.4 Å². The van der Waals surface area contributed by atoms with Gasteiger partial charge in [0.25, 0.3) is 5.91 Å². The summed E-state index contributed by atoms with van der Waals surface area (Å²) in [4.78, 5) is 23.9. The van der Waals surface area contributed by atoms with E-state index in [-0.39, 0.29) is 18.0 Å². The molecule has 0 unspecified atom stereocenters. The minimum absolute atomic E-state index is 0.0495. The van der Waals surface area contributed by atoms with Gasteiger partial charge >= 0.3 is 5.97 Å². The van der Waals surface area contributed by atoms with Gasteiger partial charge in [0.05, 0.1) is 22.1 Å². The Hall–Kier alpha value is -3.04. The number of hydrogen-bond acceptors (Lipinski definition) is 5. The van der Waals surface area contributed by atoms with Crippen molar-refractivity contribution in [3.8, 4) is 5.75 Å². The van der Waals surface area contributed by atoms with Gasteiger partial charge < -0.3 is 15.2 Å². The summed E-state index contributed by atoms with van der Waals surface area (Å²) >= 11 is 12.0. The lowest BCUT2D eigenvalue weighted by Crippen LogP contribution is -2.17. The van der Waals surface area contributed by atoms with Gasteiger partial charge in [-0.1, -0.05) is 23.2 Å². The van der Waals surface area contributed by atoms with Gasteiger partial charge in [-0.3, -0.25) is 9.48 Å². The van der Waals surface area contributed by atoms with Crippen LogP contribution >= 0.6 is 23.2 Å². The van der Waals surface area contributed by atoms with E-state index in [1.54, 1.807) is 36.7 Å². The van der Waals surface area contributed by atoms with Gasteiger partial charge in [0, 0.05) is 18.3 Å². The smallest absolute Gasteiger partial charge is 0.339 e. The van der Waals surface area contributed by atoms with Crippen molar-refractivity contribution in [3.05, 3.63) is 57.1 Å². The molecular weight excluding hydrogens is 421 g/mol. The first-order valence-electron chi connectivity index (χ1n) is 8.37. The van der Waals surface area contributed by atoms with Crippen LogP contribution in [0.5, 0.6) is 5.75 Å². The number of ether oxygens (including phenoxy) is 1. The first kappa shape index (κ1) is 20.7. The Morgan fingerprint density at radius 2 is 1.97 bits per heavy atom. The summed E-state index contributed by atoms with van der Waals surface area (Å²) < 4.78 is 8.49. The van der Waals surface area contributed by atoms with Crippen molar-refractivity contribution in [2.75, 3.05) is 5.32 Å². The van der Waals surface area contributed by atoms with E-state index in [4.69, 9.17) is 27.9 Å². The molecule has 2 heterocycles. The molecule has 0 atom stereocenters. The van der Waals surface area contributed by atoms with E-state index in [9.17, 15) is 14.7 Å². The number of aryl methyl sites for hydroxylation is 2. The highest BCUT2D eigenvalue weighted by Gasteiger charge is 2.23. The molecule has 0 aliphatic heterocycles. The van der Waals surface area contributed by atoms with Gasteiger partial charge in [-0.15, -0.1) is 0 Å². The van der Waals surface area contributed by atoms with Crippen LogP contribution in [0, 0.1) is 13.8 Å². The molecule has 0 saturated heterocycles. The Morgan fingerprint density at radius 1 is 1.24 bits per heavy atom. The largest absolute Gasteiger partial charge is 0.478 e. The Bertz CT molecular complexity index is 1110. The van der Waals surface area contributed by atoms with Crippen LogP contribution in [0.2, 0.25) is 10.0 Å². The number of carbonyl (C=O) groups is 2. The second-order valence-electron chi connectivity index (χ2n) is 6.22. The van der Waals surface area contributed by atoms with Crippen LogP contribution < -0.4 is 10.1 Å². The molecule has 0 aliphatic carbocycles. The molecule has 9 nitrogen and oxygen atoms in total. The fraction of sp³-hybridized carbons (Fsp3) is 0.222. The molecule has 1 amide bonds. The van der Waals surface area contributed by atoms with Crippen molar-refractivity contribution in [3.63, 3.8) is 0 Å². The molecule has 0 fully saturated rings. The maximum atomic E-state index is 12.6. The number of halogens is 2. The maximum absolute atomic E-state index is 12.6. The first-order valence-corrected chi connectivity index (χ1v) is 9.13. The molecule has 0 aliphatic rings. The molecule has 0 bridgehead atoms. The van der Waals surface area contributed by atoms with E-state index >= 15 is 0 Å². The Kier molecular flexibility index (Phi) is 5.81. The van der Waals surface area contributed by atoms with Gasteiger partial charge in [0.2, 0.25) is 0 Å². The van der Waals surface area contributed by atoms with Crippen molar-refractivity contribution in [2.45, 2.75) is 20.6 Å². The highest BCUT2D eigenvalue weighted by atomic mass is 35.5. The van der Waals surface area contributed by atoms with Crippen LogP contribution in [-0.2, 0) is 13.8 Å². The fourth-order valence-electron chi connectivity index (χ4n) is 2.71. The molecule has 1 aromatic carbocycles. The zero-order valence-corrected chi connectivity index (χ0v) is 17.2. The second kappa shape index (κ2) is 8.14. The Balaban J connectivity index is 1.79. The number of carbonyl (C=O) groups excluding carboxylic acids is 1. The molecule has 2 N–H and O–H groups in total. The number of amides is 1. The summed E-state index contributed by atoms with van der Waals surface area (Å²) in [7, 11) is 1.54. The molecule has 11 heteroatoms. The lowest BCUT2D eigenvalue weighted by molar-refractivity contribution is 0.0692.